The molecule has 0 aromatic carbocycles. The van der Waals surface area contributed by atoms with E-state index in [4.69, 9.17) is 9.84 Å². The second-order valence-corrected chi connectivity index (χ2v) is 5.42. The Labute approximate surface area is 118 Å². The molecule has 0 radical (unpaired) electrons. The number of nitrogens with zero attached hydrogens (tertiary/aromatic N) is 1. The number of hydrogen-bond donors (Lipinski definition) is 3. The van der Waals surface area contributed by atoms with Crippen LogP contribution in [0, 0.1) is 5.92 Å². The topological polar surface area (TPSA) is 99.1 Å². The van der Waals surface area contributed by atoms with Gasteiger partial charge in [-0.05, 0) is 12.3 Å². The molecule has 0 aromatic rings. The number of aliphatic hydroxyl groups is 1. The fraction of sp³-hybridized carbons (Fsp3) is 0.846. The number of carbonyl (C=O) groups excluding carboxylic acids is 1. The fourth-order valence-corrected chi connectivity index (χ4v) is 2.03. The third-order valence-corrected chi connectivity index (χ3v) is 3.19. The largest absolute Gasteiger partial charge is 0.480 e. The average Bonchev–Trinajstić information content (AvgIpc) is 2.75. The second-order valence-electron chi connectivity index (χ2n) is 5.42. The molecule has 3 N–H and O–H groups in total. The maximum atomic E-state index is 11.8. The highest BCUT2D eigenvalue weighted by Crippen LogP contribution is 2.17. The number of aliphatic carboxylic acids is 1. The fourth-order valence-electron chi connectivity index (χ4n) is 2.03. The van der Waals surface area contributed by atoms with Gasteiger partial charge in [-0.1, -0.05) is 13.8 Å². The summed E-state index contributed by atoms with van der Waals surface area (Å²) in [5, 5.41) is 21.0. The SMILES string of the molecule is CC(C)CCOCCNC(=O)N1C[C@@H](O)C[C@H]1C(=O)O. The second kappa shape index (κ2) is 8.06. The molecule has 0 saturated carbocycles. The minimum absolute atomic E-state index is 0.0526. The van der Waals surface area contributed by atoms with Gasteiger partial charge in [-0.15, -0.1) is 0 Å². The molecule has 20 heavy (non-hydrogen) atoms. The molecule has 116 valence electrons. The van der Waals surface area contributed by atoms with Crippen LogP contribution in [0.4, 0.5) is 4.79 Å². The third-order valence-electron chi connectivity index (χ3n) is 3.19. The van der Waals surface area contributed by atoms with Crippen molar-refractivity contribution >= 4 is 12.0 Å². The van der Waals surface area contributed by atoms with E-state index in [2.05, 4.69) is 19.2 Å². The van der Waals surface area contributed by atoms with E-state index in [9.17, 15) is 14.7 Å². The molecule has 1 saturated heterocycles. The standard InChI is InChI=1S/C13H24N2O5/c1-9(2)3-5-20-6-4-14-13(19)15-8-10(16)7-11(15)12(17)18/h9-11,16H,3-8H2,1-2H3,(H,14,19)(H,17,18)/t10-,11-/m0/s1. The van der Waals surface area contributed by atoms with Crippen molar-refractivity contribution in [1.29, 1.82) is 0 Å². The molecule has 1 heterocycles. The number of carboxylic acids is 1. The van der Waals surface area contributed by atoms with E-state index >= 15 is 0 Å². The summed E-state index contributed by atoms with van der Waals surface area (Å²) in [6.07, 6.45) is 0.269. The first-order valence-corrected chi connectivity index (χ1v) is 6.95. The molecule has 1 aliphatic heterocycles. The van der Waals surface area contributed by atoms with Crippen LogP contribution in [-0.2, 0) is 9.53 Å². The van der Waals surface area contributed by atoms with Gasteiger partial charge in [0.15, 0.2) is 0 Å². The Hall–Kier alpha value is -1.34. The van der Waals surface area contributed by atoms with Crippen LogP contribution in [0.3, 0.4) is 0 Å². The van der Waals surface area contributed by atoms with Gasteiger partial charge in [-0.2, -0.15) is 0 Å². The summed E-state index contributed by atoms with van der Waals surface area (Å²) in [7, 11) is 0. The highest BCUT2D eigenvalue weighted by Gasteiger charge is 2.38. The maximum absolute atomic E-state index is 11.8. The molecule has 0 aromatic heterocycles. The van der Waals surface area contributed by atoms with E-state index in [0.717, 1.165) is 11.3 Å². The summed E-state index contributed by atoms with van der Waals surface area (Å²) < 4.78 is 5.35. The van der Waals surface area contributed by atoms with E-state index < -0.39 is 24.1 Å². The predicted octanol–water partition coefficient (Wildman–Crippen LogP) is 0.279. The van der Waals surface area contributed by atoms with Crippen molar-refractivity contribution in [1.82, 2.24) is 10.2 Å². The number of amides is 2. The molecule has 7 nitrogen and oxygen atoms in total. The van der Waals surface area contributed by atoms with Crippen molar-refractivity contribution in [2.75, 3.05) is 26.3 Å². The lowest BCUT2D eigenvalue weighted by molar-refractivity contribution is -0.141. The molecule has 1 aliphatic rings. The lowest BCUT2D eigenvalue weighted by Crippen LogP contribution is -2.46. The first kappa shape index (κ1) is 16.7. The van der Waals surface area contributed by atoms with Crippen LogP contribution in [0.2, 0.25) is 0 Å². The minimum Gasteiger partial charge on any atom is -0.480 e. The Kier molecular flexibility index (Phi) is 6.74. The molecule has 1 fully saturated rings. The average molecular weight is 288 g/mol. The normalized spacial score (nSPS) is 22.3. The van der Waals surface area contributed by atoms with Gasteiger partial charge in [0.2, 0.25) is 0 Å². The Morgan fingerprint density at radius 1 is 1.40 bits per heavy atom. The number of nitrogens with one attached hydrogen (secondary N) is 1. The first-order chi connectivity index (χ1) is 9.41. The zero-order valence-electron chi connectivity index (χ0n) is 12.0. The quantitative estimate of drug-likeness (QED) is 0.584. The number of likely N-dealkylation sites (tertiary alicyclic amines) is 1. The predicted molar refractivity (Wildman–Crippen MR) is 72.4 cm³/mol. The molecule has 2 atom stereocenters. The molecular weight excluding hydrogens is 264 g/mol. The molecular formula is C13H24N2O5. The van der Waals surface area contributed by atoms with Crippen LogP contribution in [0.25, 0.3) is 0 Å². The van der Waals surface area contributed by atoms with Crippen molar-refractivity contribution in [2.24, 2.45) is 5.92 Å². The van der Waals surface area contributed by atoms with Crippen LogP contribution in [0.5, 0.6) is 0 Å². The summed E-state index contributed by atoms with van der Waals surface area (Å²) in [5.74, 6) is -0.517. The van der Waals surface area contributed by atoms with Crippen LogP contribution in [-0.4, -0.2) is 65.6 Å². The Morgan fingerprint density at radius 2 is 2.10 bits per heavy atom. The summed E-state index contributed by atoms with van der Waals surface area (Å²) in [6.45, 7) is 5.64. The van der Waals surface area contributed by atoms with E-state index in [-0.39, 0.29) is 13.0 Å². The number of rotatable bonds is 7. The van der Waals surface area contributed by atoms with Crippen molar-refractivity contribution < 1.29 is 24.5 Å². The van der Waals surface area contributed by atoms with Gasteiger partial charge >= 0.3 is 12.0 Å². The van der Waals surface area contributed by atoms with Crippen molar-refractivity contribution in [3.05, 3.63) is 0 Å². The van der Waals surface area contributed by atoms with Crippen molar-refractivity contribution in [3.63, 3.8) is 0 Å². The number of carboxylic acid groups (broad SMARTS) is 1. The van der Waals surface area contributed by atoms with Gasteiger partial charge in [0.25, 0.3) is 0 Å². The van der Waals surface area contributed by atoms with Crippen LogP contribution >= 0.6 is 0 Å². The zero-order chi connectivity index (χ0) is 15.1. The van der Waals surface area contributed by atoms with Gasteiger partial charge < -0.3 is 25.2 Å². The molecule has 0 aliphatic carbocycles. The van der Waals surface area contributed by atoms with Crippen LogP contribution < -0.4 is 5.32 Å². The van der Waals surface area contributed by atoms with Gasteiger partial charge in [0.1, 0.15) is 6.04 Å². The number of ether oxygens (including phenoxy) is 1. The van der Waals surface area contributed by atoms with Gasteiger partial charge in [-0.25, -0.2) is 9.59 Å². The van der Waals surface area contributed by atoms with Crippen LogP contribution in [0.1, 0.15) is 26.7 Å². The summed E-state index contributed by atoms with van der Waals surface area (Å²) in [5.41, 5.74) is 0. The summed E-state index contributed by atoms with van der Waals surface area (Å²) >= 11 is 0. The van der Waals surface area contributed by atoms with E-state index in [0.29, 0.717) is 25.7 Å². The Bertz CT molecular complexity index is 335. The molecule has 0 unspecified atom stereocenters. The Balaban J connectivity index is 2.23. The zero-order valence-corrected chi connectivity index (χ0v) is 12.0. The molecule has 1 rings (SSSR count). The lowest BCUT2D eigenvalue weighted by atomic mass is 10.1. The summed E-state index contributed by atoms with van der Waals surface area (Å²) in [4.78, 5) is 24.0. The monoisotopic (exact) mass is 288 g/mol. The molecule has 7 heteroatoms. The molecule has 0 spiro atoms. The highest BCUT2D eigenvalue weighted by molar-refractivity contribution is 5.83. The maximum Gasteiger partial charge on any atom is 0.326 e. The number of hydrogen-bond acceptors (Lipinski definition) is 4. The van der Waals surface area contributed by atoms with Gasteiger partial charge in [-0.3, -0.25) is 0 Å². The van der Waals surface area contributed by atoms with E-state index in [1.54, 1.807) is 0 Å². The number of β-amino-alcohol motifs (C(OH)–C–C–N with tert-alkyl or cyclic N) is 1. The summed E-state index contributed by atoms with van der Waals surface area (Å²) in [6, 6.07) is -1.42. The van der Waals surface area contributed by atoms with E-state index in [1.807, 2.05) is 0 Å². The smallest absolute Gasteiger partial charge is 0.326 e. The molecule has 0 bridgehead atoms. The number of carbonyl (C=O) groups is 2. The lowest BCUT2D eigenvalue weighted by Gasteiger charge is -2.21. The molecule has 2 amide bonds. The van der Waals surface area contributed by atoms with E-state index in [1.165, 1.54) is 0 Å². The number of aliphatic hydroxyl groups excluding tert-OH is 1. The highest BCUT2D eigenvalue weighted by atomic mass is 16.5. The van der Waals surface area contributed by atoms with Crippen molar-refractivity contribution in [2.45, 2.75) is 38.8 Å². The third kappa shape index (κ3) is 5.34. The Morgan fingerprint density at radius 3 is 2.70 bits per heavy atom. The van der Waals surface area contributed by atoms with Crippen LogP contribution in [0.15, 0.2) is 0 Å². The van der Waals surface area contributed by atoms with Gasteiger partial charge in [0.05, 0.1) is 12.7 Å². The van der Waals surface area contributed by atoms with Crippen molar-refractivity contribution in [3.8, 4) is 0 Å². The first-order valence-electron chi connectivity index (χ1n) is 6.95. The minimum atomic E-state index is -1.09. The number of urea groups is 1. The van der Waals surface area contributed by atoms with Gasteiger partial charge in [0, 0.05) is 26.1 Å².